The maximum absolute atomic E-state index is 11.9. The van der Waals surface area contributed by atoms with Crippen LogP contribution in [0, 0.1) is 12.8 Å². The summed E-state index contributed by atoms with van der Waals surface area (Å²) in [6, 6.07) is 18.7. The molecule has 5 rings (SSSR count). The SMILES string of the molecule is COc1cc([C@@H]2Nc3ccc(C(C)=O)cc3[C@@H]3C=CC[C@@H]32)cc(Br)c1OCc1ccc(C)cc1. The second-order valence-corrected chi connectivity index (χ2v) is 10.00. The number of rotatable bonds is 6. The largest absolute Gasteiger partial charge is 0.493 e. The predicted molar refractivity (Wildman–Crippen MR) is 139 cm³/mol. The van der Waals surface area contributed by atoms with Crippen LogP contribution in [0.1, 0.15) is 57.9 Å². The lowest BCUT2D eigenvalue weighted by atomic mass is 9.76. The van der Waals surface area contributed by atoms with E-state index in [1.807, 2.05) is 18.2 Å². The highest BCUT2D eigenvalue weighted by Crippen LogP contribution is 2.51. The molecule has 3 aromatic rings. The first-order valence-electron chi connectivity index (χ1n) is 11.6. The van der Waals surface area contributed by atoms with Crippen LogP contribution in [0.5, 0.6) is 11.5 Å². The van der Waals surface area contributed by atoms with Gasteiger partial charge >= 0.3 is 0 Å². The lowest BCUT2D eigenvalue weighted by Crippen LogP contribution is -2.29. The Morgan fingerprint density at radius 2 is 1.91 bits per heavy atom. The molecule has 0 bridgehead atoms. The molecule has 5 heteroatoms. The van der Waals surface area contributed by atoms with Crippen LogP contribution >= 0.6 is 15.9 Å². The van der Waals surface area contributed by atoms with E-state index in [2.05, 4.69) is 76.7 Å². The number of anilines is 1. The Hall–Kier alpha value is -3.05. The molecular weight excluding hydrogens is 490 g/mol. The average Bonchev–Trinajstić information content (AvgIpc) is 3.33. The Kier molecular flexibility index (Phi) is 6.22. The van der Waals surface area contributed by atoms with Crippen molar-refractivity contribution < 1.29 is 14.3 Å². The minimum absolute atomic E-state index is 0.0957. The number of carbonyl (C=O) groups is 1. The monoisotopic (exact) mass is 517 g/mol. The fourth-order valence-corrected chi connectivity index (χ4v) is 5.62. The number of carbonyl (C=O) groups excluding carboxylic acids is 1. The fourth-order valence-electron chi connectivity index (χ4n) is 5.04. The highest BCUT2D eigenvalue weighted by molar-refractivity contribution is 9.10. The molecule has 1 aliphatic heterocycles. The van der Waals surface area contributed by atoms with E-state index in [0.29, 0.717) is 24.0 Å². The molecule has 4 nitrogen and oxygen atoms in total. The number of benzene rings is 3. The number of aryl methyl sites for hydroxylation is 1. The quantitative estimate of drug-likeness (QED) is 0.273. The first kappa shape index (κ1) is 22.7. The fraction of sp³-hybridized carbons (Fsp3) is 0.276. The van der Waals surface area contributed by atoms with Crippen LogP contribution in [-0.2, 0) is 6.61 Å². The zero-order valence-corrected chi connectivity index (χ0v) is 21.2. The van der Waals surface area contributed by atoms with Gasteiger partial charge in [-0.25, -0.2) is 0 Å². The lowest BCUT2D eigenvalue weighted by Gasteiger charge is -2.38. The first-order chi connectivity index (χ1) is 16.4. The Balaban J connectivity index is 1.45. The van der Waals surface area contributed by atoms with E-state index in [1.54, 1.807) is 14.0 Å². The van der Waals surface area contributed by atoms with Crippen LogP contribution in [0.3, 0.4) is 0 Å². The van der Waals surface area contributed by atoms with E-state index in [0.717, 1.165) is 33.3 Å². The number of hydrogen-bond donors (Lipinski definition) is 1. The molecule has 0 saturated heterocycles. The molecule has 1 aliphatic carbocycles. The number of allylic oxidation sites excluding steroid dienone is 2. The summed E-state index contributed by atoms with van der Waals surface area (Å²) >= 11 is 3.73. The molecular formula is C29H28BrNO3. The van der Waals surface area contributed by atoms with Crippen LogP contribution in [0.4, 0.5) is 5.69 Å². The highest BCUT2D eigenvalue weighted by Gasteiger charge is 2.38. The molecule has 34 heavy (non-hydrogen) atoms. The van der Waals surface area contributed by atoms with E-state index in [-0.39, 0.29) is 17.7 Å². The molecule has 0 radical (unpaired) electrons. The van der Waals surface area contributed by atoms with Gasteiger partial charge in [0.15, 0.2) is 17.3 Å². The van der Waals surface area contributed by atoms with Gasteiger partial charge in [-0.3, -0.25) is 4.79 Å². The summed E-state index contributed by atoms with van der Waals surface area (Å²) in [5, 5.41) is 3.74. The third kappa shape index (κ3) is 4.25. The molecule has 0 spiro atoms. The van der Waals surface area contributed by atoms with Gasteiger partial charge in [0.25, 0.3) is 0 Å². The normalized spacial score (nSPS) is 20.3. The van der Waals surface area contributed by atoms with Crippen molar-refractivity contribution in [2.24, 2.45) is 5.92 Å². The van der Waals surface area contributed by atoms with Crippen molar-refractivity contribution in [3.8, 4) is 11.5 Å². The third-order valence-corrected chi connectivity index (χ3v) is 7.47. The van der Waals surface area contributed by atoms with Gasteiger partial charge in [0.2, 0.25) is 0 Å². The Labute approximate surface area is 209 Å². The number of ketones is 1. The Bertz CT molecular complexity index is 1270. The molecule has 2 aliphatic rings. The van der Waals surface area contributed by atoms with Gasteiger partial charge in [0.1, 0.15) is 6.61 Å². The summed E-state index contributed by atoms with van der Waals surface area (Å²) in [5.41, 5.74) is 6.53. The van der Waals surface area contributed by atoms with Crippen molar-refractivity contribution >= 4 is 27.4 Å². The summed E-state index contributed by atoms with van der Waals surface area (Å²) in [5.74, 6) is 2.15. The number of hydrogen-bond acceptors (Lipinski definition) is 4. The summed E-state index contributed by atoms with van der Waals surface area (Å²) in [6.45, 7) is 4.17. The summed E-state index contributed by atoms with van der Waals surface area (Å²) < 4.78 is 12.8. The third-order valence-electron chi connectivity index (χ3n) is 6.88. The van der Waals surface area contributed by atoms with Crippen LogP contribution < -0.4 is 14.8 Å². The van der Waals surface area contributed by atoms with Crippen molar-refractivity contribution in [1.82, 2.24) is 0 Å². The number of methoxy groups -OCH3 is 1. The van der Waals surface area contributed by atoms with Gasteiger partial charge < -0.3 is 14.8 Å². The van der Waals surface area contributed by atoms with Crippen LogP contribution in [0.25, 0.3) is 0 Å². The molecule has 0 aromatic heterocycles. The van der Waals surface area contributed by atoms with E-state index in [1.165, 1.54) is 11.1 Å². The second-order valence-electron chi connectivity index (χ2n) is 9.14. The van der Waals surface area contributed by atoms with Gasteiger partial charge in [0.05, 0.1) is 17.6 Å². The number of fused-ring (bicyclic) bond motifs is 3. The lowest BCUT2D eigenvalue weighted by molar-refractivity contribution is 0.101. The maximum atomic E-state index is 11.9. The summed E-state index contributed by atoms with van der Waals surface area (Å²) in [4.78, 5) is 11.9. The molecule has 0 fully saturated rings. The summed E-state index contributed by atoms with van der Waals surface area (Å²) in [7, 11) is 1.68. The zero-order chi connectivity index (χ0) is 23.8. The van der Waals surface area contributed by atoms with E-state index >= 15 is 0 Å². The number of ether oxygens (including phenoxy) is 2. The molecule has 0 amide bonds. The topological polar surface area (TPSA) is 47.6 Å². The number of Topliss-reactive ketones (excluding diaryl/α,β-unsaturated/α-hetero) is 1. The van der Waals surface area contributed by atoms with Gasteiger partial charge in [-0.1, -0.05) is 42.0 Å². The van der Waals surface area contributed by atoms with Crippen LogP contribution in [0.15, 0.2) is 71.2 Å². The van der Waals surface area contributed by atoms with Gasteiger partial charge in [0, 0.05) is 17.2 Å². The smallest absolute Gasteiger partial charge is 0.175 e. The van der Waals surface area contributed by atoms with E-state index in [4.69, 9.17) is 9.47 Å². The van der Waals surface area contributed by atoms with Crippen molar-refractivity contribution in [2.45, 2.75) is 38.8 Å². The van der Waals surface area contributed by atoms with Gasteiger partial charge in [-0.05, 0) is 89.1 Å². The molecule has 0 saturated carbocycles. The predicted octanol–water partition coefficient (Wildman–Crippen LogP) is 7.37. The highest BCUT2D eigenvalue weighted by atomic mass is 79.9. The summed E-state index contributed by atoms with van der Waals surface area (Å²) in [6.07, 6.45) is 5.52. The maximum Gasteiger partial charge on any atom is 0.175 e. The van der Waals surface area contributed by atoms with E-state index in [9.17, 15) is 4.79 Å². The standard InChI is InChI=1S/C29H28BrNO3/c1-17-7-9-19(10-8-17)16-34-29-25(30)14-21(15-27(29)33-3)28-23-6-4-5-22(23)24-13-20(18(2)32)11-12-26(24)31-28/h4-5,7-15,22-23,28,31H,6,16H2,1-3H3/t22-,23+,28+/m1/s1. The molecule has 174 valence electrons. The van der Waals surface area contributed by atoms with Crippen molar-refractivity contribution in [3.05, 3.63) is 99.0 Å². The number of halogens is 1. The average molecular weight is 518 g/mol. The van der Waals surface area contributed by atoms with E-state index < -0.39 is 0 Å². The Morgan fingerprint density at radius 3 is 2.65 bits per heavy atom. The van der Waals surface area contributed by atoms with Crippen molar-refractivity contribution in [3.63, 3.8) is 0 Å². The first-order valence-corrected chi connectivity index (χ1v) is 12.4. The van der Waals surface area contributed by atoms with Crippen LogP contribution in [-0.4, -0.2) is 12.9 Å². The number of nitrogens with one attached hydrogen (secondary N) is 1. The minimum Gasteiger partial charge on any atom is -0.493 e. The molecule has 1 heterocycles. The van der Waals surface area contributed by atoms with Crippen molar-refractivity contribution in [1.29, 1.82) is 0 Å². The van der Waals surface area contributed by atoms with Gasteiger partial charge in [-0.2, -0.15) is 0 Å². The van der Waals surface area contributed by atoms with Crippen LogP contribution in [0.2, 0.25) is 0 Å². The molecule has 3 aromatic carbocycles. The van der Waals surface area contributed by atoms with Crippen molar-refractivity contribution in [2.75, 3.05) is 12.4 Å². The van der Waals surface area contributed by atoms with Gasteiger partial charge in [-0.15, -0.1) is 0 Å². The molecule has 3 atom stereocenters. The Morgan fingerprint density at radius 1 is 1.12 bits per heavy atom. The molecule has 0 unspecified atom stereocenters. The molecule has 1 N–H and O–H groups in total. The zero-order valence-electron chi connectivity index (χ0n) is 19.6. The second kappa shape index (κ2) is 9.30. The minimum atomic E-state index is 0.0957.